The molecule has 2 atom stereocenters. The van der Waals surface area contributed by atoms with Crippen molar-refractivity contribution in [3.8, 4) is 11.5 Å². The van der Waals surface area contributed by atoms with Crippen LogP contribution in [-0.4, -0.2) is 56.5 Å². The Morgan fingerprint density at radius 3 is 2.42 bits per heavy atom. The second kappa shape index (κ2) is 6.63. The van der Waals surface area contributed by atoms with Crippen LogP contribution in [0.25, 0.3) is 0 Å². The van der Waals surface area contributed by atoms with E-state index in [4.69, 9.17) is 9.47 Å². The van der Waals surface area contributed by atoms with Crippen LogP contribution in [0.15, 0.2) is 24.3 Å². The van der Waals surface area contributed by atoms with Gasteiger partial charge in [-0.15, -0.1) is 0 Å². The summed E-state index contributed by atoms with van der Waals surface area (Å²) >= 11 is 0. The van der Waals surface area contributed by atoms with E-state index in [1.54, 1.807) is 25.3 Å². The standard InChI is InChI=1S/C17H23NO5S/c1-22-14-4-3-5-15(10-14)23-11-17(19)18-12-6-7-13(18)9-16(8-12)24(2,20)21/h3-5,10,12-13,16H,6-9,11H2,1-2H3. The van der Waals surface area contributed by atoms with Crippen LogP contribution in [0.2, 0.25) is 0 Å². The van der Waals surface area contributed by atoms with Gasteiger partial charge < -0.3 is 14.4 Å². The van der Waals surface area contributed by atoms with Gasteiger partial charge in [0.25, 0.3) is 5.91 Å². The molecule has 0 aromatic heterocycles. The third-order valence-electron chi connectivity index (χ3n) is 4.99. The minimum atomic E-state index is -3.05. The van der Waals surface area contributed by atoms with Gasteiger partial charge in [0.15, 0.2) is 6.61 Å². The van der Waals surface area contributed by atoms with Crippen LogP contribution in [0, 0.1) is 0 Å². The van der Waals surface area contributed by atoms with Crippen LogP contribution in [0.4, 0.5) is 0 Å². The minimum Gasteiger partial charge on any atom is -0.497 e. The van der Waals surface area contributed by atoms with Gasteiger partial charge in [0.1, 0.15) is 21.3 Å². The molecule has 2 aliphatic heterocycles. The highest BCUT2D eigenvalue weighted by atomic mass is 32.2. The number of piperidine rings is 1. The zero-order valence-electron chi connectivity index (χ0n) is 14.0. The number of methoxy groups -OCH3 is 1. The first-order valence-electron chi connectivity index (χ1n) is 8.15. The number of hydrogen-bond donors (Lipinski definition) is 0. The molecule has 0 N–H and O–H groups in total. The third kappa shape index (κ3) is 3.50. The lowest BCUT2D eigenvalue weighted by atomic mass is 10.0. The fraction of sp³-hybridized carbons (Fsp3) is 0.588. The number of hydrogen-bond acceptors (Lipinski definition) is 5. The number of benzene rings is 1. The molecule has 2 saturated heterocycles. The Labute approximate surface area is 142 Å². The molecule has 2 fully saturated rings. The van der Waals surface area contributed by atoms with E-state index in [0.717, 1.165) is 12.8 Å². The molecule has 3 rings (SSSR count). The molecule has 2 heterocycles. The summed E-state index contributed by atoms with van der Waals surface area (Å²) in [7, 11) is -1.47. The summed E-state index contributed by atoms with van der Waals surface area (Å²) in [6.07, 6.45) is 4.13. The number of nitrogens with zero attached hydrogens (tertiary/aromatic N) is 1. The Morgan fingerprint density at radius 2 is 1.83 bits per heavy atom. The van der Waals surface area contributed by atoms with Crippen molar-refractivity contribution in [3.05, 3.63) is 24.3 Å². The van der Waals surface area contributed by atoms with E-state index in [0.29, 0.717) is 24.3 Å². The second-order valence-corrected chi connectivity index (χ2v) is 8.90. The summed E-state index contributed by atoms with van der Waals surface area (Å²) in [5.41, 5.74) is 0. The van der Waals surface area contributed by atoms with Crippen molar-refractivity contribution < 1.29 is 22.7 Å². The Kier molecular flexibility index (Phi) is 4.71. The smallest absolute Gasteiger partial charge is 0.261 e. The predicted molar refractivity (Wildman–Crippen MR) is 90.0 cm³/mol. The zero-order valence-corrected chi connectivity index (χ0v) is 14.8. The molecule has 2 aliphatic rings. The quantitative estimate of drug-likeness (QED) is 0.805. The van der Waals surface area contributed by atoms with E-state index < -0.39 is 9.84 Å². The number of sulfone groups is 1. The summed E-state index contributed by atoms with van der Waals surface area (Å²) in [5.74, 6) is 1.19. The normalized spacial score (nSPS) is 26.2. The van der Waals surface area contributed by atoms with Crippen molar-refractivity contribution in [2.75, 3.05) is 20.0 Å². The number of fused-ring (bicyclic) bond motifs is 2. The van der Waals surface area contributed by atoms with E-state index in [1.807, 2.05) is 11.0 Å². The average molecular weight is 353 g/mol. The van der Waals surface area contributed by atoms with Crippen LogP contribution in [0.1, 0.15) is 25.7 Å². The Bertz CT molecular complexity index is 703. The van der Waals surface area contributed by atoms with Crippen LogP contribution in [0.5, 0.6) is 11.5 Å². The number of carbonyl (C=O) groups excluding carboxylic acids is 1. The monoisotopic (exact) mass is 353 g/mol. The molecule has 0 saturated carbocycles. The molecule has 2 unspecified atom stereocenters. The Morgan fingerprint density at radius 1 is 1.21 bits per heavy atom. The molecule has 1 amide bonds. The lowest BCUT2D eigenvalue weighted by molar-refractivity contribution is -0.137. The van der Waals surface area contributed by atoms with E-state index in [-0.39, 0.29) is 29.8 Å². The van der Waals surface area contributed by atoms with E-state index in [9.17, 15) is 13.2 Å². The molecule has 6 nitrogen and oxygen atoms in total. The molecule has 1 aromatic carbocycles. The summed E-state index contributed by atoms with van der Waals surface area (Å²) < 4.78 is 34.4. The van der Waals surface area contributed by atoms with Gasteiger partial charge in [0, 0.05) is 24.4 Å². The number of amides is 1. The number of ether oxygens (including phenoxy) is 2. The Balaban J connectivity index is 1.62. The summed E-state index contributed by atoms with van der Waals surface area (Å²) in [6, 6.07) is 7.16. The molecule has 2 bridgehead atoms. The predicted octanol–water partition coefficient (Wildman–Crippen LogP) is 1.64. The highest BCUT2D eigenvalue weighted by Crippen LogP contribution is 2.38. The van der Waals surface area contributed by atoms with Crippen molar-refractivity contribution in [3.63, 3.8) is 0 Å². The maximum atomic E-state index is 12.6. The van der Waals surface area contributed by atoms with Crippen molar-refractivity contribution in [2.45, 2.75) is 43.0 Å². The molecular weight excluding hydrogens is 330 g/mol. The first kappa shape index (κ1) is 17.1. The van der Waals surface area contributed by atoms with Crippen LogP contribution >= 0.6 is 0 Å². The lowest BCUT2D eigenvalue weighted by Gasteiger charge is -2.38. The minimum absolute atomic E-state index is 0.0184. The molecular formula is C17H23NO5S. The second-order valence-electron chi connectivity index (χ2n) is 6.58. The zero-order chi connectivity index (χ0) is 17.3. The third-order valence-corrected chi connectivity index (χ3v) is 6.58. The maximum Gasteiger partial charge on any atom is 0.261 e. The molecule has 7 heteroatoms. The van der Waals surface area contributed by atoms with Crippen LogP contribution < -0.4 is 9.47 Å². The van der Waals surface area contributed by atoms with Gasteiger partial charge in [-0.3, -0.25) is 4.79 Å². The van der Waals surface area contributed by atoms with E-state index >= 15 is 0 Å². The van der Waals surface area contributed by atoms with Gasteiger partial charge in [-0.25, -0.2) is 8.42 Å². The molecule has 0 aliphatic carbocycles. The molecule has 24 heavy (non-hydrogen) atoms. The Hall–Kier alpha value is -1.76. The van der Waals surface area contributed by atoms with Gasteiger partial charge in [0.05, 0.1) is 12.4 Å². The fourth-order valence-electron chi connectivity index (χ4n) is 3.79. The van der Waals surface area contributed by atoms with Gasteiger partial charge in [-0.2, -0.15) is 0 Å². The number of rotatable bonds is 5. The number of carbonyl (C=O) groups is 1. The van der Waals surface area contributed by atoms with Crippen molar-refractivity contribution in [2.24, 2.45) is 0 Å². The summed E-state index contributed by atoms with van der Waals surface area (Å²) in [6.45, 7) is -0.0380. The topological polar surface area (TPSA) is 72.9 Å². The van der Waals surface area contributed by atoms with E-state index in [2.05, 4.69) is 0 Å². The average Bonchev–Trinajstić information content (AvgIpc) is 2.81. The van der Waals surface area contributed by atoms with E-state index in [1.165, 1.54) is 6.26 Å². The molecule has 1 aromatic rings. The van der Waals surface area contributed by atoms with Crippen LogP contribution in [-0.2, 0) is 14.6 Å². The first-order chi connectivity index (χ1) is 11.4. The molecule has 0 spiro atoms. The largest absolute Gasteiger partial charge is 0.497 e. The van der Waals surface area contributed by atoms with Gasteiger partial charge in [-0.1, -0.05) is 6.07 Å². The van der Waals surface area contributed by atoms with Crippen molar-refractivity contribution in [1.82, 2.24) is 4.90 Å². The van der Waals surface area contributed by atoms with Gasteiger partial charge >= 0.3 is 0 Å². The molecule has 0 radical (unpaired) electrons. The molecule has 132 valence electrons. The van der Waals surface area contributed by atoms with Crippen molar-refractivity contribution in [1.29, 1.82) is 0 Å². The van der Waals surface area contributed by atoms with Gasteiger partial charge in [0.2, 0.25) is 0 Å². The SMILES string of the molecule is COc1cccc(OCC(=O)N2C3CCC2CC(S(C)(=O)=O)C3)c1. The maximum absolute atomic E-state index is 12.6. The van der Waals surface area contributed by atoms with Crippen LogP contribution in [0.3, 0.4) is 0 Å². The first-order valence-corrected chi connectivity index (χ1v) is 10.1. The lowest BCUT2D eigenvalue weighted by Crippen LogP contribution is -2.51. The highest BCUT2D eigenvalue weighted by Gasteiger charge is 2.45. The summed E-state index contributed by atoms with van der Waals surface area (Å²) in [4.78, 5) is 14.4. The summed E-state index contributed by atoms with van der Waals surface area (Å²) in [5, 5.41) is -0.321. The van der Waals surface area contributed by atoms with Gasteiger partial charge in [-0.05, 0) is 37.8 Å². The van der Waals surface area contributed by atoms with Crippen molar-refractivity contribution >= 4 is 15.7 Å². The highest BCUT2D eigenvalue weighted by molar-refractivity contribution is 7.91. The fourth-order valence-corrected chi connectivity index (χ4v) is 4.94.